The normalized spacial score (nSPS) is 10.7. The number of pyridine rings is 1. The molecule has 0 bridgehead atoms. The lowest BCUT2D eigenvalue weighted by Crippen LogP contribution is -2.18. The third-order valence-corrected chi connectivity index (χ3v) is 4.11. The largest absolute Gasteiger partial charge is 0.493 e. The van der Waals surface area contributed by atoms with Gasteiger partial charge in [-0.2, -0.15) is 14.0 Å². The van der Waals surface area contributed by atoms with Gasteiger partial charge in [-0.15, -0.1) is 0 Å². The first-order valence-electron chi connectivity index (χ1n) is 8.14. The summed E-state index contributed by atoms with van der Waals surface area (Å²) in [7, 11) is 3.22. The summed E-state index contributed by atoms with van der Waals surface area (Å²) >= 11 is 0. The number of hydrogen-bond acceptors (Lipinski definition) is 5. The molecule has 1 aromatic heterocycles. The Balaban J connectivity index is 1.98. The van der Waals surface area contributed by atoms with Crippen LogP contribution in [0.15, 0.2) is 48.7 Å². The quantitative estimate of drug-likeness (QED) is 0.646. The average molecular weight is 369 g/mol. The van der Waals surface area contributed by atoms with E-state index in [0.717, 1.165) is 22.2 Å². The first-order chi connectivity index (χ1) is 13.0. The monoisotopic (exact) mass is 369 g/mol. The predicted octanol–water partition coefficient (Wildman–Crippen LogP) is 4.35. The minimum Gasteiger partial charge on any atom is -0.493 e. The maximum Gasteiger partial charge on any atom is 0.387 e. The summed E-state index contributed by atoms with van der Waals surface area (Å²) in [6, 6.07) is 14.5. The van der Waals surface area contributed by atoms with Crippen LogP contribution >= 0.6 is 0 Å². The van der Waals surface area contributed by atoms with E-state index >= 15 is 0 Å². The van der Waals surface area contributed by atoms with E-state index in [1.807, 2.05) is 36.2 Å². The van der Waals surface area contributed by atoms with Gasteiger partial charge in [0.05, 0.1) is 23.9 Å². The van der Waals surface area contributed by atoms with Crippen LogP contribution in [0.25, 0.3) is 10.9 Å². The first-order valence-corrected chi connectivity index (χ1v) is 8.14. The molecule has 0 unspecified atom stereocenters. The van der Waals surface area contributed by atoms with Crippen LogP contribution in [0.4, 0.5) is 14.5 Å². The lowest BCUT2D eigenvalue weighted by molar-refractivity contribution is -0.0512. The molecule has 0 spiro atoms. The molecule has 3 rings (SSSR count). The van der Waals surface area contributed by atoms with Gasteiger partial charge in [-0.1, -0.05) is 24.3 Å². The second kappa shape index (κ2) is 7.87. The van der Waals surface area contributed by atoms with Crippen LogP contribution in [0.3, 0.4) is 0 Å². The summed E-state index contributed by atoms with van der Waals surface area (Å²) in [6.45, 7) is -2.56. The number of alkyl halides is 2. The molecule has 0 N–H and O–H groups in total. The van der Waals surface area contributed by atoms with Crippen LogP contribution in [0, 0.1) is 11.3 Å². The van der Waals surface area contributed by atoms with Gasteiger partial charge in [0.1, 0.15) is 6.07 Å². The molecule has 0 aliphatic heterocycles. The molecule has 1 heterocycles. The van der Waals surface area contributed by atoms with Gasteiger partial charge in [-0.25, -0.2) is 0 Å². The maximum absolute atomic E-state index is 12.6. The Bertz CT molecular complexity index is 1000. The van der Waals surface area contributed by atoms with Crippen molar-refractivity contribution in [2.24, 2.45) is 0 Å². The Labute approximate surface area is 155 Å². The molecule has 0 amide bonds. The predicted molar refractivity (Wildman–Crippen MR) is 98.2 cm³/mol. The van der Waals surface area contributed by atoms with Crippen LogP contribution in [-0.4, -0.2) is 25.8 Å². The van der Waals surface area contributed by atoms with E-state index in [-0.39, 0.29) is 11.5 Å². The number of methoxy groups -OCH3 is 1. The lowest BCUT2D eigenvalue weighted by atomic mass is 10.1. The van der Waals surface area contributed by atoms with Crippen LogP contribution in [-0.2, 0) is 6.54 Å². The molecule has 27 heavy (non-hydrogen) atoms. The van der Waals surface area contributed by atoms with E-state index in [1.165, 1.54) is 19.4 Å². The van der Waals surface area contributed by atoms with Crippen molar-refractivity contribution in [3.63, 3.8) is 0 Å². The summed E-state index contributed by atoms with van der Waals surface area (Å²) in [5.74, 6) is 0.201. The molecular weight excluding hydrogens is 352 g/mol. The highest BCUT2D eigenvalue weighted by molar-refractivity contribution is 5.94. The van der Waals surface area contributed by atoms with Gasteiger partial charge in [0.15, 0.2) is 11.5 Å². The minimum absolute atomic E-state index is 0.0292. The van der Waals surface area contributed by atoms with E-state index in [9.17, 15) is 14.0 Å². The fourth-order valence-corrected chi connectivity index (χ4v) is 2.98. The number of nitrogens with zero attached hydrogens (tertiary/aromatic N) is 3. The zero-order valence-corrected chi connectivity index (χ0v) is 14.8. The van der Waals surface area contributed by atoms with E-state index in [2.05, 4.69) is 15.8 Å². The zero-order valence-electron chi connectivity index (χ0n) is 14.8. The third kappa shape index (κ3) is 3.90. The second-order valence-corrected chi connectivity index (χ2v) is 5.87. The van der Waals surface area contributed by atoms with Crippen molar-refractivity contribution in [2.45, 2.75) is 13.2 Å². The first kappa shape index (κ1) is 18.4. The molecule has 138 valence electrons. The number of aromatic nitrogens is 1. The second-order valence-electron chi connectivity index (χ2n) is 5.87. The highest BCUT2D eigenvalue weighted by Crippen LogP contribution is 2.32. The Hall–Kier alpha value is -3.40. The molecule has 5 nitrogen and oxygen atoms in total. The van der Waals surface area contributed by atoms with Crippen molar-refractivity contribution < 1.29 is 18.3 Å². The standard InChI is InChI=1S/C20H17F2N3O2/c1-25(12-13-7-8-17(26-2)18(9-13)27-20(21)22)19-14(10-23)11-24-16-6-4-3-5-15(16)19/h3-9,11,20H,12H2,1-2H3. The molecule has 0 radical (unpaired) electrons. The SMILES string of the molecule is COc1ccc(CN(C)c2c(C#N)cnc3ccccc23)cc1OC(F)F. The fraction of sp³-hybridized carbons (Fsp3) is 0.200. The minimum atomic E-state index is -2.94. The highest BCUT2D eigenvalue weighted by atomic mass is 19.3. The number of rotatable bonds is 6. The molecule has 0 aliphatic rings. The van der Waals surface area contributed by atoms with Crippen molar-refractivity contribution in [1.29, 1.82) is 5.26 Å². The van der Waals surface area contributed by atoms with E-state index in [4.69, 9.17) is 4.74 Å². The van der Waals surface area contributed by atoms with Gasteiger partial charge >= 0.3 is 6.61 Å². The number of anilines is 1. The maximum atomic E-state index is 12.6. The summed E-state index contributed by atoms with van der Waals surface area (Å²) in [5.41, 5.74) is 2.68. The average Bonchev–Trinajstić information content (AvgIpc) is 2.66. The van der Waals surface area contributed by atoms with Gasteiger partial charge in [-0.3, -0.25) is 4.98 Å². The van der Waals surface area contributed by atoms with Crippen LogP contribution in [0.1, 0.15) is 11.1 Å². The molecule has 0 saturated carbocycles. The number of nitriles is 1. The Morgan fingerprint density at radius 3 is 2.67 bits per heavy atom. The van der Waals surface area contributed by atoms with Crippen molar-refractivity contribution in [3.05, 3.63) is 59.8 Å². The number of ether oxygens (including phenoxy) is 2. The topological polar surface area (TPSA) is 58.4 Å². The summed E-state index contributed by atoms with van der Waals surface area (Å²) < 4.78 is 34.9. The summed E-state index contributed by atoms with van der Waals surface area (Å²) in [4.78, 5) is 6.19. The van der Waals surface area contributed by atoms with Crippen LogP contribution in [0.5, 0.6) is 11.5 Å². The van der Waals surface area contributed by atoms with Gasteiger partial charge < -0.3 is 14.4 Å². The number of fused-ring (bicyclic) bond motifs is 1. The molecular formula is C20H17F2N3O2. The summed E-state index contributed by atoms with van der Waals surface area (Å²) in [5, 5.41) is 10.3. The molecule has 0 saturated heterocycles. The Morgan fingerprint density at radius 1 is 1.19 bits per heavy atom. The van der Waals surface area contributed by atoms with Crippen LogP contribution < -0.4 is 14.4 Å². The van der Waals surface area contributed by atoms with E-state index in [0.29, 0.717) is 12.1 Å². The van der Waals surface area contributed by atoms with E-state index < -0.39 is 6.61 Å². The number of halogens is 2. The fourth-order valence-electron chi connectivity index (χ4n) is 2.98. The van der Waals surface area contributed by atoms with Gasteiger partial charge in [0.25, 0.3) is 0 Å². The molecule has 0 aliphatic carbocycles. The van der Waals surface area contributed by atoms with Gasteiger partial charge in [0.2, 0.25) is 0 Å². The number of para-hydroxylation sites is 1. The molecule has 7 heteroatoms. The van der Waals surface area contributed by atoms with Crippen LogP contribution in [0.2, 0.25) is 0 Å². The van der Waals surface area contributed by atoms with Crippen molar-refractivity contribution in [3.8, 4) is 17.6 Å². The molecule has 0 fully saturated rings. The van der Waals surface area contributed by atoms with Gasteiger partial charge in [0, 0.05) is 25.2 Å². The van der Waals surface area contributed by atoms with Crippen molar-refractivity contribution >= 4 is 16.6 Å². The summed E-state index contributed by atoms with van der Waals surface area (Å²) in [6.07, 6.45) is 1.54. The van der Waals surface area contributed by atoms with Crippen molar-refractivity contribution in [1.82, 2.24) is 4.98 Å². The Morgan fingerprint density at radius 2 is 1.96 bits per heavy atom. The molecule has 2 aromatic carbocycles. The van der Waals surface area contributed by atoms with E-state index in [1.54, 1.807) is 12.1 Å². The third-order valence-electron chi connectivity index (χ3n) is 4.11. The number of benzene rings is 2. The highest BCUT2D eigenvalue weighted by Gasteiger charge is 2.16. The number of hydrogen-bond donors (Lipinski definition) is 0. The molecule has 3 aromatic rings. The lowest BCUT2D eigenvalue weighted by Gasteiger charge is -2.23. The van der Waals surface area contributed by atoms with Gasteiger partial charge in [-0.05, 0) is 23.8 Å². The Kier molecular flexibility index (Phi) is 5.36. The smallest absolute Gasteiger partial charge is 0.387 e. The molecule has 0 atom stereocenters. The van der Waals surface area contributed by atoms with Crippen molar-refractivity contribution in [2.75, 3.05) is 19.1 Å². The zero-order chi connectivity index (χ0) is 19.4.